The molecule has 0 aromatic carbocycles. The third kappa shape index (κ3) is 6.52. The van der Waals surface area contributed by atoms with Gasteiger partial charge in [0.2, 0.25) is 0 Å². The molecule has 1 atom stereocenters. The zero-order valence-electron chi connectivity index (χ0n) is 14.5. The monoisotopic (exact) mass is 462 g/mol. The molecule has 1 aromatic rings. The van der Waals surface area contributed by atoms with Crippen LogP contribution in [0.3, 0.4) is 0 Å². The first-order valence-electron chi connectivity index (χ1n) is 9.11. The molecule has 2 heterocycles. The number of piperidine rings is 1. The molecule has 1 saturated carbocycles. The van der Waals surface area contributed by atoms with Gasteiger partial charge in [-0.1, -0.05) is 25.3 Å². The average Bonchev–Trinajstić information content (AvgIpc) is 3.07. The Kier molecular flexibility index (Phi) is 8.83. The molecule has 1 aliphatic carbocycles. The van der Waals surface area contributed by atoms with Crippen LogP contribution in [0.1, 0.15) is 49.8 Å². The van der Waals surface area contributed by atoms with Crippen molar-refractivity contribution in [3.63, 3.8) is 0 Å². The Balaban J connectivity index is 0.00000208. The topological polar surface area (TPSA) is 53.6 Å². The van der Waals surface area contributed by atoms with Crippen LogP contribution in [0.15, 0.2) is 22.5 Å². The van der Waals surface area contributed by atoms with Gasteiger partial charge in [-0.05, 0) is 49.6 Å². The van der Waals surface area contributed by atoms with Crippen molar-refractivity contribution in [2.45, 2.75) is 57.5 Å². The van der Waals surface area contributed by atoms with Crippen molar-refractivity contribution >= 4 is 41.3 Å². The van der Waals surface area contributed by atoms with Crippen molar-refractivity contribution in [2.75, 3.05) is 19.6 Å². The van der Waals surface area contributed by atoms with Crippen LogP contribution in [-0.4, -0.2) is 36.5 Å². The van der Waals surface area contributed by atoms with Gasteiger partial charge in [-0.2, -0.15) is 0 Å². The van der Waals surface area contributed by atoms with Crippen molar-refractivity contribution in [2.24, 2.45) is 16.6 Å². The highest BCUT2D eigenvalue weighted by Crippen LogP contribution is 2.21. The molecule has 1 aromatic heterocycles. The van der Waals surface area contributed by atoms with Crippen LogP contribution in [0.5, 0.6) is 0 Å². The maximum atomic E-state index is 6.09. The maximum Gasteiger partial charge on any atom is 0.188 e. The maximum absolute atomic E-state index is 6.09. The summed E-state index contributed by atoms with van der Waals surface area (Å²) in [6.07, 6.45) is 9.07. The van der Waals surface area contributed by atoms with Gasteiger partial charge in [0.1, 0.15) is 0 Å². The number of hydrogen-bond donors (Lipinski definition) is 2. The Hall–Kier alpha value is -0.340. The molecule has 0 amide bonds. The first-order valence-corrected chi connectivity index (χ1v) is 9.99. The second-order valence-corrected chi connectivity index (χ2v) is 8.06. The van der Waals surface area contributed by atoms with Gasteiger partial charge in [-0.25, -0.2) is 0 Å². The normalized spacial score (nSPS) is 23.7. The predicted molar refractivity (Wildman–Crippen MR) is 114 cm³/mol. The van der Waals surface area contributed by atoms with E-state index in [0.717, 1.165) is 19.6 Å². The van der Waals surface area contributed by atoms with E-state index in [9.17, 15) is 0 Å². The Labute approximate surface area is 167 Å². The van der Waals surface area contributed by atoms with Crippen molar-refractivity contribution in [3.05, 3.63) is 22.4 Å². The van der Waals surface area contributed by atoms with Gasteiger partial charge in [0.05, 0.1) is 0 Å². The summed E-state index contributed by atoms with van der Waals surface area (Å²) in [5.41, 5.74) is 6.09. The van der Waals surface area contributed by atoms with Crippen molar-refractivity contribution in [3.8, 4) is 0 Å². The highest BCUT2D eigenvalue weighted by molar-refractivity contribution is 14.0. The van der Waals surface area contributed by atoms with Crippen molar-refractivity contribution < 1.29 is 0 Å². The second kappa shape index (κ2) is 10.6. The predicted octanol–water partition coefficient (Wildman–Crippen LogP) is 3.82. The summed E-state index contributed by atoms with van der Waals surface area (Å²) < 4.78 is 0. The van der Waals surface area contributed by atoms with Gasteiger partial charge < -0.3 is 11.1 Å². The Morgan fingerprint density at radius 3 is 2.83 bits per heavy atom. The summed E-state index contributed by atoms with van der Waals surface area (Å²) in [5, 5.41) is 5.59. The second-order valence-electron chi connectivity index (χ2n) is 7.03. The molecular formula is C18H31IN4S. The van der Waals surface area contributed by atoms with Crippen LogP contribution in [0.4, 0.5) is 0 Å². The van der Waals surface area contributed by atoms with E-state index in [0.29, 0.717) is 17.9 Å². The fourth-order valence-electron chi connectivity index (χ4n) is 3.80. The molecular weight excluding hydrogens is 431 g/mol. The highest BCUT2D eigenvalue weighted by Gasteiger charge is 2.20. The van der Waals surface area contributed by atoms with Gasteiger partial charge in [0.25, 0.3) is 0 Å². The van der Waals surface area contributed by atoms with E-state index < -0.39 is 0 Å². The molecule has 0 radical (unpaired) electrons. The number of nitrogens with one attached hydrogen (secondary N) is 1. The van der Waals surface area contributed by atoms with E-state index in [1.807, 2.05) is 11.3 Å². The van der Waals surface area contributed by atoms with E-state index in [1.54, 1.807) is 0 Å². The number of hydrogen-bond acceptors (Lipinski definition) is 3. The van der Waals surface area contributed by atoms with E-state index in [1.165, 1.54) is 56.4 Å². The number of rotatable bonds is 5. The molecule has 0 spiro atoms. The summed E-state index contributed by atoms with van der Waals surface area (Å²) in [7, 11) is 0. The molecule has 24 heavy (non-hydrogen) atoms. The third-order valence-corrected chi connectivity index (χ3v) is 5.90. The minimum atomic E-state index is 0. The van der Waals surface area contributed by atoms with Crippen LogP contribution in [0.2, 0.25) is 0 Å². The minimum Gasteiger partial charge on any atom is -0.370 e. The van der Waals surface area contributed by atoms with Crippen LogP contribution in [0.25, 0.3) is 0 Å². The number of thiophene rings is 1. The van der Waals surface area contributed by atoms with Crippen LogP contribution >= 0.6 is 35.3 Å². The number of likely N-dealkylation sites (tertiary alicyclic amines) is 1. The Morgan fingerprint density at radius 1 is 1.25 bits per heavy atom. The van der Waals surface area contributed by atoms with Gasteiger partial charge in [0.15, 0.2) is 5.96 Å². The standard InChI is InChI=1S/C18H30N4S.HI/c19-18(21-16-7-2-1-3-8-16)20-12-15-6-4-10-22(13-15)14-17-9-5-11-23-17;/h5,9,11,15-16H,1-4,6-8,10,12-14H2,(H3,19,20,21);1H. The SMILES string of the molecule is I.NC(=NCC1CCCN(Cc2cccs2)C1)NC1CCCCC1. The zero-order chi connectivity index (χ0) is 15.9. The molecule has 136 valence electrons. The molecule has 6 heteroatoms. The summed E-state index contributed by atoms with van der Waals surface area (Å²) in [5.74, 6) is 1.31. The smallest absolute Gasteiger partial charge is 0.188 e. The molecule has 1 unspecified atom stereocenters. The largest absolute Gasteiger partial charge is 0.370 e. The number of guanidine groups is 1. The van der Waals surface area contributed by atoms with Gasteiger partial charge in [0, 0.05) is 30.6 Å². The number of nitrogens with two attached hydrogens (primary N) is 1. The van der Waals surface area contributed by atoms with Crippen LogP contribution in [0, 0.1) is 5.92 Å². The Bertz CT molecular complexity index is 485. The molecule has 3 N–H and O–H groups in total. The van der Waals surface area contributed by atoms with Gasteiger partial charge in [-0.3, -0.25) is 9.89 Å². The summed E-state index contributed by atoms with van der Waals surface area (Å²) in [6.45, 7) is 4.33. The first-order chi connectivity index (χ1) is 11.3. The highest BCUT2D eigenvalue weighted by atomic mass is 127. The zero-order valence-corrected chi connectivity index (χ0v) is 17.6. The van der Waals surface area contributed by atoms with Gasteiger partial charge in [-0.15, -0.1) is 35.3 Å². The van der Waals surface area contributed by atoms with Gasteiger partial charge >= 0.3 is 0 Å². The molecule has 3 rings (SSSR count). The quantitative estimate of drug-likeness (QED) is 0.398. The molecule has 4 nitrogen and oxygen atoms in total. The van der Waals surface area contributed by atoms with E-state index >= 15 is 0 Å². The lowest BCUT2D eigenvalue weighted by Gasteiger charge is -2.31. The lowest BCUT2D eigenvalue weighted by molar-refractivity contribution is 0.172. The molecule has 0 bridgehead atoms. The van der Waals surface area contributed by atoms with Crippen LogP contribution < -0.4 is 11.1 Å². The fraction of sp³-hybridized carbons (Fsp3) is 0.722. The molecule has 1 saturated heterocycles. The van der Waals surface area contributed by atoms with E-state index in [2.05, 4.69) is 32.7 Å². The Morgan fingerprint density at radius 2 is 2.08 bits per heavy atom. The third-order valence-electron chi connectivity index (χ3n) is 5.04. The first kappa shape index (κ1) is 20.0. The minimum absolute atomic E-state index is 0. The van der Waals surface area contributed by atoms with E-state index in [4.69, 9.17) is 5.73 Å². The number of nitrogens with zero attached hydrogens (tertiary/aromatic N) is 2. The lowest BCUT2D eigenvalue weighted by Crippen LogP contribution is -2.42. The molecule has 2 aliphatic rings. The lowest BCUT2D eigenvalue weighted by atomic mass is 9.96. The molecule has 2 fully saturated rings. The summed E-state index contributed by atoms with van der Waals surface area (Å²) in [6, 6.07) is 4.93. The number of aliphatic imine (C=N–C) groups is 1. The summed E-state index contributed by atoms with van der Waals surface area (Å²) >= 11 is 1.86. The summed E-state index contributed by atoms with van der Waals surface area (Å²) in [4.78, 5) is 8.67. The molecule has 1 aliphatic heterocycles. The fourth-order valence-corrected chi connectivity index (χ4v) is 4.54. The number of halogens is 1. The van der Waals surface area contributed by atoms with Crippen LogP contribution in [-0.2, 0) is 6.54 Å². The average molecular weight is 462 g/mol. The van der Waals surface area contributed by atoms with Crippen molar-refractivity contribution in [1.82, 2.24) is 10.2 Å². The van der Waals surface area contributed by atoms with Crippen molar-refractivity contribution in [1.29, 1.82) is 0 Å². The van der Waals surface area contributed by atoms with E-state index in [-0.39, 0.29) is 24.0 Å².